The molecule has 7 heteroatoms. The minimum atomic E-state index is 0.364. The third-order valence-electron chi connectivity index (χ3n) is 4.21. The molecule has 3 rings (SSSR count). The van der Waals surface area contributed by atoms with Gasteiger partial charge in [0.25, 0.3) is 0 Å². The van der Waals surface area contributed by atoms with E-state index in [1.54, 1.807) is 6.92 Å². The summed E-state index contributed by atoms with van der Waals surface area (Å²) in [5.41, 5.74) is 1.26. The lowest BCUT2D eigenvalue weighted by molar-refractivity contribution is 0.121. The largest absolute Gasteiger partial charge is 0.408 e. The predicted molar refractivity (Wildman–Crippen MR) is 78.8 cm³/mol. The van der Waals surface area contributed by atoms with Gasteiger partial charge in [0.1, 0.15) is 0 Å². The number of hydrogen-bond donors (Lipinski definition) is 1. The predicted octanol–water partition coefficient (Wildman–Crippen LogP) is 1.61. The minimum Gasteiger partial charge on any atom is -0.408 e. The van der Waals surface area contributed by atoms with Gasteiger partial charge in [0.2, 0.25) is 5.89 Å². The van der Waals surface area contributed by atoms with Crippen LogP contribution >= 0.6 is 0 Å². The van der Waals surface area contributed by atoms with Crippen LogP contribution in [-0.2, 0) is 7.05 Å². The Morgan fingerprint density at radius 2 is 2.24 bits per heavy atom. The summed E-state index contributed by atoms with van der Waals surface area (Å²) < 4.78 is 7.49. The van der Waals surface area contributed by atoms with E-state index in [1.807, 2.05) is 12.5 Å². The van der Waals surface area contributed by atoms with E-state index in [0.717, 1.165) is 13.1 Å². The first-order valence-corrected chi connectivity index (χ1v) is 7.35. The van der Waals surface area contributed by atoms with Crippen LogP contribution in [-0.4, -0.2) is 44.8 Å². The van der Waals surface area contributed by atoms with E-state index in [2.05, 4.69) is 44.1 Å². The van der Waals surface area contributed by atoms with Crippen LogP contribution in [0.2, 0.25) is 0 Å². The van der Waals surface area contributed by atoms with Crippen LogP contribution in [0.4, 0.5) is 6.01 Å². The van der Waals surface area contributed by atoms with Crippen molar-refractivity contribution in [1.29, 1.82) is 0 Å². The lowest BCUT2D eigenvalue weighted by Gasteiger charge is -2.39. The standard InChI is InChI=1S/C14H22N6O/c1-10-17-18-14(21-10)16-7-11-5-4-6-19(2)13(11)12-8-15-9-20(12)3/h8-9,11,13H,4-7H2,1-3H3,(H,16,18)/t11-,13+/m0/s1. The molecule has 0 amide bonds. The maximum atomic E-state index is 5.39. The van der Waals surface area contributed by atoms with Crippen molar-refractivity contribution in [2.75, 3.05) is 25.5 Å². The molecule has 1 N–H and O–H groups in total. The lowest BCUT2D eigenvalue weighted by Crippen LogP contribution is -2.39. The first-order chi connectivity index (χ1) is 10.1. The molecule has 2 aromatic rings. The molecule has 7 nitrogen and oxygen atoms in total. The zero-order valence-corrected chi connectivity index (χ0v) is 12.8. The van der Waals surface area contributed by atoms with Crippen molar-refractivity contribution in [3.05, 3.63) is 24.1 Å². The SMILES string of the molecule is Cc1nnc(NC[C@@H]2CCCN(C)[C@H]2c2cncn2C)o1. The highest BCUT2D eigenvalue weighted by Crippen LogP contribution is 2.34. The number of likely N-dealkylation sites (tertiary alicyclic amines) is 1. The molecule has 1 aliphatic heterocycles. The maximum Gasteiger partial charge on any atom is 0.315 e. The van der Waals surface area contributed by atoms with Crippen molar-refractivity contribution in [3.63, 3.8) is 0 Å². The van der Waals surface area contributed by atoms with Gasteiger partial charge < -0.3 is 14.3 Å². The highest BCUT2D eigenvalue weighted by Gasteiger charge is 2.32. The second-order valence-electron chi connectivity index (χ2n) is 5.76. The third kappa shape index (κ3) is 2.92. The quantitative estimate of drug-likeness (QED) is 0.922. The molecular formula is C14H22N6O. The lowest BCUT2D eigenvalue weighted by atomic mass is 9.87. The molecule has 0 aliphatic carbocycles. The molecule has 114 valence electrons. The Bertz CT molecular complexity index is 592. The van der Waals surface area contributed by atoms with E-state index in [1.165, 1.54) is 18.5 Å². The number of piperidine rings is 1. The molecule has 21 heavy (non-hydrogen) atoms. The van der Waals surface area contributed by atoms with Gasteiger partial charge in [0.15, 0.2) is 0 Å². The summed E-state index contributed by atoms with van der Waals surface area (Å²) in [5.74, 6) is 1.08. The second kappa shape index (κ2) is 5.85. The Labute approximate surface area is 124 Å². The first kappa shape index (κ1) is 14.1. The molecule has 0 radical (unpaired) electrons. The maximum absolute atomic E-state index is 5.39. The topological polar surface area (TPSA) is 72.0 Å². The highest BCUT2D eigenvalue weighted by molar-refractivity contribution is 5.18. The monoisotopic (exact) mass is 290 g/mol. The fourth-order valence-corrected chi connectivity index (χ4v) is 3.18. The number of hydrogen-bond acceptors (Lipinski definition) is 6. The summed E-state index contributed by atoms with van der Waals surface area (Å²) in [5, 5.41) is 11.1. The number of aromatic nitrogens is 4. The Hall–Kier alpha value is -1.89. The van der Waals surface area contributed by atoms with E-state index < -0.39 is 0 Å². The van der Waals surface area contributed by atoms with Gasteiger partial charge in [-0.05, 0) is 32.4 Å². The Balaban J connectivity index is 1.73. The summed E-state index contributed by atoms with van der Waals surface area (Å²) in [6.07, 6.45) is 6.22. The molecule has 1 aliphatic rings. The molecule has 0 saturated carbocycles. The van der Waals surface area contributed by atoms with E-state index in [4.69, 9.17) is 4.42 Å². The molecule has 3 heterocycles. The summed E-state index contributed by atoms with van der Waals surface area (Å²) in [7, 11) is 4.23. The van der Waals surface area contributed by atoms with Crippen LogP contribution in [0.1, 0.15) is 30.5 Å². The Kier molecular flexibility index (Phi) is 3.92. The Morgan fingerprint density at radius 1 is 1.38 bits per heavy atom. The van der Waals surface area contributed by atoms with E-state index >= 15 is 0 Å². The number of anilines is 1. The molecule has 2 aromatic heterocycles. The average molecular weight is 290 g/mol. The molecule has 1 fully saturated rings. The minimum absolute atomic E-state index is 0.364. The van der Waals surface area contributed by atoms with Crippen LogP contribution in [0.15, 0.2) is 16.9 Å². The van der Waals surface area contributed by atoms with Crippen molar-refractivity contribution in [3.8, 4) is 0 Å². The second-order valence-corrected chi connectivity index (χ2v) is 5.76. The van der Waals surface area contributed by atoms with Crippen LogP contribution in [0.5, 0.6) is 0 Å². The molecule has 1 saturated heterocycles. The molecule has 0 unspecified atom stereocenters. The van der Waals surface area contributed by atoms with Gasteiger partial charge >= 0.3 is 6.01 Å². The average Bonchev–Trinajstić information content (AvgIpc) is 3.05. The first-order valence-electron chi connectivity index (χ1n) is 7.35. The van der Waals surface area contributed by atoms with Crippen molar-refractivity contribution in [2.45, 2.75) is 25.8 Å². The highest BCUT2D eigenvalue weighted by atomic mass is 16.4. The smallest absolute Gasteiger partial charge is 0.315 e. The summed E-state index contributed by atoms with van der Waals surface area (Å²) >= 11 is 0. The summed E-state index contributed by atoms with van der Waals surface area (Å²) in [6.45, 7) is 3.73. The fourth-order valence-electron chi connectivity index (χ4n) is 3.18. The third-order valence-corrected chi connectivity index (χ3v) is 4.21. The molecular weight excluding hydrogens is 268 g/mol. The van der Waals surface area contributed by atoms with E-state index in [0.29, 0.717) is 23.9 Å². The molecule has 0 aromatic carbocycles. The van der Waals surface area contributed by atoms with Crippen molar-refractivity contribution < 1.29 is 4.42 Å². The van der Waals surface area contributed by atoms with Gasteiger partial charge in [0.05, 0.1) is 18.1 Å². The van der Waals surface area contributed by atoms with Crippen molar-refractivity contribution >= 4 is 6.01 Å². The molecule has 0 bridgehead atoms. The van der Waals surface area contributed by atoms with Gasteiger partial charge in [-0.15, -0.1) is 5.10 Å². The number of imidazole rings is 1. The number of nitrogens with one attached hydrogen (secondary N) is 1. The van der Waals surface area contributed by atoms with Gasteiger partial charge in [-0.2, -0.15) is 0 Å². The zero-order chi connectivity index (χ0) is 14.8. The fraction of sp³-hybridized carbons (Fsp3) is 0.643. The molecule has 2 atom stereocenters. The van der Waals surface area contributed by atoms with Gasteiger partial charge in [-0.25, -0.2) is 4.98 Å². The molecule has 0 spiro atoms. The summed E-state index contributed by atoms with van der Waals surface area (Å²) in [6, 6.07) is 0.868. The van der Waals surface area contributed by atoms with Gasteiger partial charge in [-0.1, -0.05) is 5.10 Å². The van der Waals surface area contributed by atoms with Gasteiger partial charge in [0, 0.05) is 26.7 Å². The number of rotatable bonds is 4. The van der Waals surface area contributed by atoms with Crippen LogP contribution in [0.3, 0.4) is 0 Å². The number of nitrogens with zero attached hydrogens (tertiary/aromatic N) is 5. The van der Waals surface area contributed by atoms with Crippen molar-refractivity contribution in [1.82, 2.24) is 24.6 Å². The summed E-state index contributed by atoms with van der Waals surface area (Å²) in [4.78, 5) is 6.67. The van der Waals surface area contributed by atoms with Gasteiger partial charge in [-0.3, -0.25) is 4.90 Å². The zero-order valence-electron chi connectivity index (χ0n) is 12.8. The van der Waals surface area contributed by atoms with Crippen LogP contribution < -0.4 is 5.32 Å². The number of aryl methyl sites for hydroxylation is 2. The van der Waals surface area contributed by atoms with Crippen LogP contribution in [0.25, 0.3) is 0 Å². The van der Waals surface area contributed by atoms with Crippen molar-refractivity contribution in [2.24, 2.45) is 13.0 Å². The van der Waals surface area contributed by atoms with E-state index in [-0.39, 0.29) is 0 Å². The normalized spacial score (nSPS) is 23.4. The van der Waals surface area contributed by atoms with E-state index in [9.17, 15) is 0 Å². The van der Waals surface area contributed by atoms with Crippen LogP contribution in [0, 0.1) is 12.8 Å². The Morgan fingerprint density at radius 3 is 2.90 bits per heavy atom.